The van der Waals surface area contributed by atoms with Gasteiger partial charge >= 0.3 is 0 Å². The molecule has 0 aliphatic carbocycles. The molecular weight excluding hydrogens is 240 g/mol. The molecule has 0 fully saturated rings. The molecule has 18 heavy (non-hydrogen) atoms. The van der Waals surface area contributed by atoms with Crippen LogP contribution in [-0.4, -0.2) is 16.8 Å². The van der Waals surface area contributed by atoms with Crippen LogP contribution < -0.4 is 10.4 Å². The zero-order valence-electron chi connectivity index (χ0n) is 9.38. The average Bonchev–Trinajstić information content (AvgIpc) is 2.27. The number of nitrogens with one attached hydrogen (secondary N) is 1. The molecule has 0 atom stereocenters. The highest BCUT2D eigenvalue weighted by Crippen LogP contribution is 2.15. The van der Waals surface area contributed by atoms with E-state index in [0.29, 0.717) is 0 Å². The van der Waals surface area contributed by atoms with E-state index in [-0.39, 0.29) is 11.3 Å². The summed E-state index contributed by atoms with van der Waals surface area (Å²) in [5.74, 6) is -2.15. The highest BCUT2D eigenvalue weighted by atomic mass is 16.6. The Morgan fingerprint density at radius 3 is 2.56 bits per heavy atom. The average molecular weight is 249 g/mol. The standard InChI is InChI=1S/C11H10N2O5/c1-7(14)12-10(11(15)16)6-8-3-2-4-9(5-8)13(17)18/h2-6H,1H3,(H,12,14)(H,15,16)/p-1. The summed E-state index contributed by atoms with van der Waals surface area (Å²) in [6, 6.07) is 5.33. The summed E-state index contributed by atoms with van der Waals surface area (Å²) in [7, 11) is 0. The van der Waals surface area contributed by atoms with E-state index in [4.69, 9.17) is 0 Å². The number of aliphatic carboxylic acids is 1. The van der Waals surface area contributed by atoms with Crippen molar-refractivity contribution in [1.82, 2.24) is 5.32 Å². The number of nitro groups is 1. The maximum absolute atomic E-state index is 10.8. The normalized spacial score (nSPS) is 10.8. The molecule has 94 valence electrons. The molecule has 1 rings (SSSR count). The van der Waals surface area contributed by atoms with Gasteiger partial charge in [0, 0.05) is 19.1 Å². The quantitative estimate of drug-likeness (QED) is 0.452. The molecule has 0 heterocycles. The van der Waals surface area contributed by atoms with Gasteiger partial charge in [-0.05, 0) is 11.6 Å². The number of carbonyl (C=O) groups excluding carboxylic acids is 2. The molecule has 0 unspecified atom stereocenters. The van der Waals surface area contributed by atoms with Crippen molar-refractivity contribution in [2.45, 2.75) is 6.92 Å². The molecule has 0 saturated carbocycles. The SMILES string of the molecule is CC(=O)NC(=Cc1cccc([N+](=O)[O-])c1)C(=O)[O-]. The Morgan fingerprint density at radius 2 is 2.06 bits per heavy atom. The lowest BCUT2D eigenvalue weighted by Crippen LogP contribution is -2.34. The first kappa shape index (κ1) is 13.4. The van der Waals surface area contributed by atoms with Gasteiger partial charge in [-0.15, -0.1) is 0 Å². The maximum atomic E-state index is 10.8. The Balaban J connectivity index is 3.11. The molecule has 0 aliphatic rings. The van der Waals surface area contributed by atoms with Gasteiger partial charge in [-0.1, -0.05) is 12.1 Å². The van der Waals surface area contributed by atoms with Crippen molar-refractivity contribution in [3.05, 3.63) is 45.6 Å². The Kier molecular flexibility index (Phi) is 4.14. The predicted octanol–water partition coefficient (Wildman–Crippen LogP) is -0.178. The summed E-state index contributed by atoms with van der Waals surface area (Å²) < 4.78 is 0. The van der Waals surface area contributed by atoms with Crippen molar-refractivity contribution in [3.8, 4) is 0 Å². The summed E-state index contributed by atoms with van der Waals surface area (Å²) in [5.41, 5.74) is -0.357. The maximum Gasteiger partial charge on any atom is 0.270 e. The lowest BCUT2D eigenvalue weighted by Gasteiger charge is -2.08. The minimum Gasteiger partial charge on any atom is -0.543 e. The van der Waals surface area contributed by atoms with Crippen LogP contribution in [0.25, 0.3) is 6.08 Å². The molecule has 0 aromatic heterocycles. The van der Waals surface area contributed by atoms with E-state index in [2.05, 4.69) is 5.32 Å². The number of amides is 1. The van der Waals surface area contributed by atoms with Crippen LogP contribution in [0.1, 0.15) is 12.5 Å². The molecule has 7 heteroatoms. The molecule has 0 radical (unpaired) electrons. The number of nitrogens with zero attached hydrogens (tertiary/aromatic N) is 1. The summed E-state index contributed by atoms with van der Waals surface area (Å²) in [6.45, 7) is 1.14. The third kappa shape index (κ3) is 3.71. The topological polar surface area (TPSA) is 112 Å². The number of carbonyl (C=O) groups is 2. The van der Waals surface area contributed by atoms with E-state index in [1.807, 2.05) is 0 Å². The monoisotopic (exact) mass is 249 g/mol. The van der Waals surface area contributed by atoms with Crippen LogP contribution in [-0.2, 0) is 9.59 Å². The highest BCUT2D eigenvalue weighted by Gasteiger charge is 2.06. The van der Waals surface area contributed by atoms with Crippen LogP contribution in [0.3, 0.4) is 0 Å². The van der Waals surface area contributed by atoms with Gasteiger partial charge in [0.05, 0.1) is 16.6 Å². The zero-order valence-corrected chi connectivity index (χ0v) is 9.38. The van der Waals surface area contributed by atoms with E-state index in [9.17, 15) is 24.8 Å². The molecule has 1 aromatic carbocycles. The number of nitro benzene ring substituents is 1. The van der Waals surface area contributed by atoms with Crippen molar-refractivity contribution in [2.24, 2.45) is 0 Å². The van der Waals surface area contributed by atoms with Crippen molar-refractivity contribution in [2.75, 3.05) is 0 Å². The van der Waals surface area contributed by atoms with Gasteiger partial charge in [0.25, 0.3) is 5.69 Å². The molecule has 1 amide bonds. The molecular formula is C11H9N2O5-. The Morgan fingerprint density at radius 1 is 1.39 bits per heavy atom. The Labute approximate surface area is 102 Å². The van der Waals surface area contributed by atoms with Crippen molar-refractivity contribution in [1.29, 1.82) is 0 Å². The number of rotatable bonds is 4. The van der Waals surface area contributed by atoms with Gasteiger partial charge in [-0.25, -0.2) is 0 Å². The van der Waals surface area contributed by atoms with Crippen LogP contribution in [0.5, 0.6) is 0 Å². The zero-order chi connectivity index (χ0) is 13.7. The second-order valence-electron chi connectivity index (χ2n) is 3.38. The Bertz CT molecular complexity index is 536. The predicted molar refractivity (Wildman–Crippen MR) is 59.9 cm³/mol. The number of benzene rings is 1. The molecule has 0 aliphatic heterocycles. The van der Waals surface area contributed by atoms with E-state index in [0.717, 1.165) is 13.0 Å². The van der Waals surface area contributed by atoms with E-state index in [1.54, 1.807) is 0 Å². The van der Waals surface area contributed by atoms with Crippen LogP contribution in [0.15, 0.2) is 30.0 Å². The largest absolute Gasteiger partial charge is 0.543 e. The fourth-order valence-electron chi connectivity index (χ4n) is 1.23. The molecule has 0 spiro atoms. The number of non-ortho nitro benzene ring substituents is 1. The third-order valence-electron chi connectivity index (χ3n) is 1.92. The van der Waals surface area contributed by atoms with Crippen LogP contribution in [0.4, 0.5) is 5.69 Å². The summed E-state index contributed by atoms with van der Waals surface area (Å²) >= 11 is 0. The van der Waals surface area contributed by atoms with Crippen molar-refractivity contribution < 1.29 is 19.6 Å². The van der Waals surface area contributed by atoms with Gasteiger partial charge < -0.3 is 15.2 Å². The van der Waals surface area contributed by atoms with Crippen LogP contribution in [0.2, 0.25) is 0 Å². The molecule has 1 aromatic rings. The number of hydrogen-bond acceptors (Lipinski definition) is 5. The fourth-order valence-corrected chi connectivity index (χ4v) is 1.23. The second-order valence-corrected chi connectivity index (χ2v) is 3.38. The van der Waals surface area contributed by atoms with Crippen molar-refractivity contribution >= 4 is 23.6 Å². The Hall–Kier alpha value is -2.70. The molecule has 7 nitrogen and oxygen atoms in total. The third-order valence-corrected chi connectivity index (χ3v) is 1.92. The summed E-state index contributed by atoms with van der Waals surface area (Å²) in [6.07, 6.45) is 1.09. The molecule has 0 bridgehead atoms. The van der Waals surface area contributed by atoms with E-state index in [1.165, 1.54) is 24.3 Å². The minimum atomic E-state index is -1.57. The van der Waals surface area contributed by atoms with E-state index < -0.39 is 22.5 Å². The van der Waals surface area contributed by atoms with Gasteiger partial charge in [-0.3, -0.25) is 14.9 Å². The van der Waals surface area contributed by atoms with E-state index >= 15 is 0 Å². The fraction of sp³-hybridized carbons (Fsp3) is 0.0909. The highest BCUT2D eigenvalue weighted by molar-refractivity contribution is 5.95. The first-order valence-electron chi connectivity index (χ1n) is 4.85. The van der Waals surface area contributed by atoms with Gasteiger partial charge in [0.15, 0.2) is 0 Å². The molecule has 1 N–H and O–H groups in total. The number of carboxylic acid groups (broad SMARTS) is 1. The van der Waals surface area contributed by atoms with Crippen LogP contribution in [0, 0.1) is 10.1 Å². The van der Waals surface area contributed by atoms with Gasteiger partial charge in [0.1, 0.15) is 0 Å². The molecule has 0 saturated heterocycles. The van der Waals surface area contributed by atoms with Crippen molar-refractivity contribution in [3.63, 3.8) is 0 Å². The lowest BCUT2D eigenvalue weighted by atomic mass is 10.1. The summed E-state index contributed by atoms with van der Waals surface area (Å²) in [4.78, 5) is 31.4. The van der Waals surface area contributed by atoms with Crippen LogP contribution >= 0.6 is 0 Å². The number of hydrogen-bond donors (Lipinski definition) is 1. The van der Waals surface area contributed by atoms with Gasteiger partial charge in [0.2, 0.25) is 5.91 Å². The lowest BCUT2D eigenvalue weighted by molar-refractivity contribution is -0.384. The first-order valence-corrected chi connectivity index (χ1v) is 4.85. The number of carboxylic acids is 1. The smallest absolute Gasteiger partial charge is 0.270 e. The van der Waals surface area contributed by atoms with Gasteiger partial charge in [-0.2, -0.15) is 0 Å². The minimum absolute atomic E-state index is 0.177. The summed E-state index contributed by atoms with van der Waals surface area (Å²) in [5, 5.41) is 23.3. The first-order chi connectivity index (χ1) is 8.40. The second kappa shape index (κ2) is 5.58.